The first-order valence-corrected chi connectivity index (χ1v) is 9.22. The molecule has 0 bridgehead atoms. The molecule has 0 aliphatic heterocycles. The van der Waals surface area contributed by atoms with Crippen molar-refractivity contribution in [1.82, 2.24) is 20.1 Å². The Balaban J connectivity index is 1.81. The predicted octanol–water partition coefficient (Wildman–Crippen LogP) is 3.97. The highest BCUT2D eigenvalue weighted by Crippen LogP contribution is 2.24. The number of ether oxygens (including phenoxy) is 1. The molecule has 2 aromatic heterocycles. The van der Waals surface area contributed by atoms with E-state index in [4.69, 9.17) is 9.72 Å². The zero-order chi connectivity index (χ0) is 18.7. The third-order valence-corrected chi connectivity index (χ3v) is 4.73. The largest absolute Gasteiger partial charge is 0.477 e. The quantitative estimate of drug-likeness (QED) is 0.699. The maximum Gasteiger partial charge on any atom is 0.218 e. The van der Waals surface area contributed by atoms with Crippen molar-refractivity contribution in [2.45, 2.75) is 47.2 Å². The van der Waals surface area contributed by atoms with Gasteiger partial charge in [-0.25, -0.2) is 4.98 Å². The standard InChI is InChI=1S/C21H28N4O/c1-6-9-26-21-18(11-17-8-7-14(2)10-20(17)23-21)12-22-13-19-15(3)24-25(5)16(19)4/h7-8,10-11,22H,6,9,12-13H2,1-5H3. The molecular formula is C21H28N4O. The third-order valence-electron chi connectivity index (χ3n) is 4.73. The van der Waals surface area contributed by atoms with Gasteiger partial charge in [-0.05, 0) is 44.9 Å². The summed E-state index contributed by atoms with van der Waals surface area (Å²) < 4.78 is 7.85. The van der Waals surface area contributed by atoms with E-state index in [1.54, 1.807) is 0 Å². The number of hydrogen-bond donors (Lipinski definition) is 1. The highest BCUT2D eigenvalue weighted by atomic mass is 16.5. The lowest BCUT2D eigenvalue weighted by Crippen LogP contribution is -2.15. The van der Waals surface area contributed by atoms with Crippen LogP contribution in [-0.4, -0.2) is 21.4 Å². The lowest BCUT2D eigenvalue weighted by atomic mass is 10.1. The second-order valence-corrected chi connectivity index (χ2v) is 6.87. The van der Waals surface area contributed by atoms with Gasteiger partial charge in [0.1, 0.15) is 0 Å². The average molecular weight is 352 g/mol. The highest BCUT2D eigenvalue weighted by molar-refractivity contribution is 5.80. The monoisotopic (exact) mass is 352 g/mol. The number of pyridine rings is 1. The van der Waals surface area contributed by atoms with Gasteiger partial charge < -0.3 is 10.1 Å². The van der Waals surface area contributed by atoms with Gasteiger partial charge in [-0.2, -0.15) is 5.10 Å². The van der Waals surface area contributed by atoms with Crippen LogP contribution in [0.2, 0.25) is 0 Å². The Morgan fingerprint density at radius 2 is 1.92 bits per heavy atom. The first kappa shape index (κ1) is 18.4. The molecule has 0 fully saturated rings. The van der Waals surface area contributed by atoms with Crippen molar-refractivity contribution in [3.8, 4) is 5.88 Å². The maximum atomic E-state index is 5.92. The molecule has 0 aliphatic carbocycles. The fourth-order valence-corrected chi connectivity index (χ4v) is 3.15. The van der Waals surface area contributed by atoms with E-state index in [1.165, 1.54) is 16.8 Å². The Morgan fingerprint density at radius 3 is 2.62 bits per heavy atom. The lowest BCUT2D eigenvalue weighted by molar-refractivity contribution is 0.302. The van der Waals surface area contributed by atoms with E-state index in [-0.39, 0.29) is 0 Å². The zero-order valence-electron chi connectivity index (χ0n) is 16.4. The van der Waals surface area contributed by atoms with Gasteiger partial charge >= 0.3 is 0 Å². The van der Waals surface area contributed by atoms with Crippen LogP contribution in [0.15, 0.2) is 24.3 Å². The van der Waals surface area contributed by atoms with Crippen LogP contribution in [0.4, 0.5) is 0 Å². The minimum absolute atomic E-state index is 0.679. The molecular weight excluding hydrogens is 324 g/mol. The predicted molar refractivity (Wildman–Crippen MR) is 105 cm³/mol. The maximum absolute atomic E-state index is 5.92. The molecule has 2 heterocycles. The number of aryl methyl sites for hydroxylation is 3. The first-order chi connectivity index (χ1) is 12.5. The van der Waals surface area contributed by atoms with Gasteiger partial charge in [-0.3, -0.25) is 4.68 Å². The Hall–Kier alpha value is -2.40. The number of fused-ring (bicyclic) bond motifs is 1. The molecule has 26 heavy (non-hydrogen) atoms. The van der Waals surface area contributed by atoms with Gasteiger partial charge in [0.2, 0.25) is 5.88 Å². The molecule has 3 aromatic rings. The number of aromatic nitrogens is 3. The van der Waals surface area contributed by atoms with Crippen LogP contribution >= 0.6 is 0 Å². The molecule has 0 saturated heterocycles. The summed E-state index contributed by atoms with van der Waals surface area (Å²) in [6, 6.07) is 8.53. The van der Waals surface area contributed by atoms with Gasteiger partial charge in [0, 0.05) is 42.3 Å². The Labute approximate surface area is 155 Å². The summed E-state index contributed by atoms with van der Waals surface area (Å²) in [7, 11) is 1.98. The van der Waals surface area contributed by atoms with E-state index >= 15 is 0 Å². The Bertz CT molecular complexity index is 914. The minimum atomic E-state index is 0.679. The summed E-state index contributed by atoms with van der Waals surface area (Å²) >= 11 is 0. The molecule has 0 unspecified atom stereocenters. The van der Waals surface area contributed by atoms with Crippen molar-refractivity contribution in [3.05, 3.63) is 52.3 Å². The SMILES string of the molecule is CCCOc1nc2cc(C)ccc2cc1CNCc1c(C)nn(C)c1C. The number of nitrogens with one attached hydrogen (secondary N) is 1. The molecule has 0 amide bonds. The van der Waals surface area contributed by atoms with Gasteiger partial charge in [-0.15, -0.1) is 0 Å². The molecule has 0 spiro atoms. The molecule has 5 heteroatoms. The molecule has 1 aromatic carbocycles. The van der Waals surface area contributed by atoms with Crippen LogP contribution in [0, 0.1) is 20.8 Å². The van der Waals surface area contributed by atoms with Crippen molar-refractivity contribution in [3.63, 3.8) is 0 Å². The molecule has 5 nitrogen and oxygen atoms in total. The van der Waals surface area contributed by atoms with E-state index in [1.807, 2.05) is 11.7 Å². The van der Waals surface area contributed by atoms with Crippen LogP contribution in [0.3, 0.4) is 0 Å². The fraction of sp³-hybridized carbons (Fsp3) is 0.429. The normalized spacial score (nSPS) is 11.3. The Kier molecular flexibility index (Phi) is 5.57. The number of hydrogen-bond acceptors (Lipinski definition) is 4. The summed E-state index contributed by atoms with van der Waals surface area (Å²) in [5.41, 5.74) is 6.82. The highest BCUT2D eigenvalue weighted by Gasteiger charge is 2.11. The van der Waals surface area contributed by atoms with Crippen LogP contribution in [0.5, 0.6) is 5.88 Å². The van der Waals surface area contributed by atoms with Crippen LogP contribution in [0.25, 0.3) is 10.9 Å². The zero-order valence-corrected chi connectivity index (χ0v) is 16.4. The topological polar surface area (TPSA) is 52.0 Å². The summed E-state index contributed by atoms with van der Waals surface area (Å²) in [6.07, 6.45) is 0.967. The van der Waals surface area contributed by atoms with Gasteiger partial charge in [0.25, 0.3) is 0 Å². The van der Waals surface area contributed by atoms with Crippen molar-refractivity contribution in [2.24, 2.45) is 7.05 Å². The summed E-state index contributed by atoms with van der Waals surface area (Å²) in [5, 5.41) is 9.16. The van der Waals surface area contributed by atoms with Crippen molar-refractivity contribution < 1.29 is 4.74 Å². The van der Waals surface area contributed by atoms with E-state index in [9.17, 15) is 0 Å². The number of rotatable bonds is 7. The van der Waals surface area contributed by atoms with Crippen LogP contribution in [0.1, 0.15) is 41.4 Å². The van der Waals surface area contributed by atoms with E-state index < -0.39 is 0 Å². The summed E-state index contributed by atoms with van der Waals surface area (Å²) in [5.74, 6) is 0.733. The van der Waals surface area contributed by atoms with E-state index in [0.717, 1.165) is 41.0 Å². The average Bonchev–Trinajstić information content (AvgIpc) is 2.85. The first-order valence-electron chi connectivity index (χ1n) is 9.22. The second kappa shape index (κ2) is 7.87. The molecule has 3 rings (SSSR count). The van der Waals surface area contributed by atoms with Crippen LogP contribution < -0.4 is 10.1 Å². The number of benzene rings is 1. The van der Waals surface area contributed by atoms with Gasteiger partial charge in [-0.1, -0.05) is 19.1 Å². The number of nitrogens with zero attached hydrogens (tertiary/aromatic N) is 3. The van der Waals surface area contributed by atoms with E-state index in [2.05, 4.69) is 62.4 Å². The molecule has 1 N–H and O–H groups in total. The van der Waals surface area contributed by atoms with Gasteiger partial charge in [0.05, 0.1) is 17.8 Å². The van der Waals surface area contributed by atoms with Crippen molar-refractivity contribution >= 4 is 10.9 Å². The molecule has 0 aliphatic rings. The lowest BCUT2D eigenvalue weighted by Gasteiger charge is -2.13. The molecule has 0 radical (unpaired) electrons. The van der Waals surface area contributed by atoms with E-state index in [0.29, 0.717) is 13.2 Å². The molecule has 0 atom stereocenters. The smallest absolute Gasteiger partial charge is 0.218 e. The summed E-state index contributed by atoms with van der Waals surface area (Å²) in [6.45, 7) is 10.5. The molecule has 0 saturated carbocycles. The second-order valence-electron chi connectivity index (χ2n) is 6.87. The van der Waals surface area contributed by atoms with Gasteiger partial charge in [0.15, 0.2) is 0 Å². The summed E-state index contributed by atoms with van der Waals surface area (Å²) in [4.78, 5) is 4.76. The molecule has 138 valence electrons. The third kappa shape index (κ3) is 3.88. The fourth-order valence-electron chi connectivity index (χ4n) is 3.15. The minimum Gasteiger partial charge on any atom is -0.477 e. The Morgan fingerprint density at radius 1 is 1.12 bits per heavy atom. The van der Waals surface area contributed by atoms with Crippen LogP contribution in [-0.2, 0) is 20.1 Å². The van der Waals surface area contributed by atoms with Crippen molar-refractivity contribution in [1.29, 1.82) is 0 Å². The van der Waals surface area contributed by atoms with Crippen molar-refractivity contribution in [2.75, 3.05) is 6.61 Å².